The first-order valence-corrected chi connectivity index (χ1v) is 7.11. The lowest BCUT2D eigenvalue weighted by Gasteiger charge is -2.50. The fourth-order valence-electron chi connectivity index (χ4n) is 1.65. The molecule has 1 aliphatic heterocycles. The molecule has 0 bridgehead atoms. The quantitative estimate of drug-likeness (QED) is 0.565. The first-order chi connectivity index (χ1) is 8.74. The normalized spacial score (nSPS) is 22.2. The summed E-state index contributed by atoms with van der Waals surface area (Å²) in [4.78, 5) is 23.3. The molecule has 1 atom stereocenters. The van der Waals surface area contributed by atoms with E-state index in [0.29, 0.717) is 5.06 Å². The molecule has 2 amide bonds. The smallest absolute Gasteiger partial charge is 0.418 e. The number of hydroxylamine groups is 2. The Labute approximate surface area is 117 Å². The minimum Gasteiger partial charge on any atom is -0.444 e. The summed E-state index contributed by atoms with van der Waals surface area (Å²) < 4.78 is 38.9. The van der Waals surface area contributed by atoms with E-state index in [-0.39, 0.29) is 0 Å². The van der Waals surface area contributed by atoms with Gasteiger partial charge in [-0.3, -0.25) is 9.35 Å². The van der Waals surface area contributed by atoms with Gasteiger partial charge in [0.2, 0.25) is 0 Å². The van der Waals surface area contributed by atoms with Crippen molar-refractivity contribution in [2.24, 2.45) is 0 Å². The fraction of sp³-hybridized carbons (Fsp3) is 0.800. The van der Waals surface area contributed by atoms with Crippen molar-refractivity contribution in [1.29, 1.82) is 0 Å². The van der Waals surface area contributed by atoms with Gasteiger partial charge in [0.15, 0.2) is 0 Å². The van der Waals surface area contributed by atoms with Crippen molar-refractivity contribution in [3.05, 3.63) is 0 Å². The number of nitrogens with zero attached hydrogens (tertiary/aromatic N) is 1. The second-order valence-corrected chi connectivity index (χ2v) is 6.87. The summed E-state index contributed by atoms with van der Waals surface area (Å²) in [6, 6.07) is -1.01. The van der Waals surface area contributed by atoms with Crippen LogP contribution in [0.5, 0.6) is 0 Å². The summed E-state index contributed by atoms with van der Waals surface area (Å²) in [5, 5.41) is 2.80. The molecule has 20 heavy (non-hydrogen) atoms. The van der Waals surface area contributed by atoms with Crippen LogP contribution in [0, 0.1) is 0 Å². The second kappa shape index (κ2) is 4.86. The molecule has 1 saturated heterocycles. The van der Waals surface area contributed by atoms with Gasteiger partial charge in [0.05, 0.1) is 5.54 Å². The van der Waals surface area contributed by atoms with E-state index < -0.39 is 39.6 Å². The lowest BCUT2D eigenvalue weighted by molar-refractivity contribution is -0.217. The Balaban J connectivity index is 2.72. The molecule has 0 radical (unpaired) electrons. The van der Waals surface area contributed by atoms with Crippen molar-refractivity contribution in [2.45, 2.75) is 51.8 Å². The van der Waals surface area contributed by atoms with E-state index in [1.165, 1.54) is 13.8 Å². The van der Waals surface area contributed by atoms with E-state index in [1.54, 1.807) is 20.8 Å². The molecule has 0 aromatic carbocycles. The molecule has 0 aromatic rings. The number of carbonyl (C=O) groups excluding carboxylic acids is 2. The van der Waals surface area contributed by atoms with Crippen molar-refractivity contribution in [2.75, 3.05) is 0 Å². The van der Waals surface area contributed by atoms with E-state index in [2.05, 4.69) is 9.60 Å². The maximum absolute atomic E-state index is 11.7. The minimum atomic E-state index is -4.81. The summed E-state index contributed by atoms with van der Waals surface area (Å²) >= 11 is 0. The van der Waals surface area contributed by atoms with Crippen LogP contribution < -0.4 is 5.32 Å². The molecule has 0 saturated carbocycles. The summed E-state index contributed by atoms with van der Waals surface area (Å²) in [5.74, 6) is -0.807. The SMILES string of the molecule is CC(C)(C)OC(=O)NC1C(=O)N(OS(=O)(=O)O)C1(C)C. The molecule has 9 nitrogen and oxygen atoms in total. The Kier molecular flexibility index (Phi) is 4.05. The number of amides is 2. The zero-order chi connectivity index (χ0) is 15.9. The number of carbonyl (C=O) groups is 2. The molecular formula is C10H18N2O7S. The van der Waals surface area contributed by atoms with Gasteiger partial charge in [0.1, 0.15) is 11.6 Å². The molecular weight excluding hydrogens is 292 g/mol. The molecule has 0 aliphatic carbocycles. The van der Waals surface area contributed by atoms with Gasteiger partial charge in [-0.25, -0.2) is 4.79 Å². The van der Waals surface area contributed by atoms with E-state index in [1.807, 2.05) is 0 Å². The molecule has 1 heterocycles. The predicted molar refractivity (Wildman–Crippen MR) is 66.7 cm³/mol. The highest BCUT2D eigenvalue weighted by atomic mass is 32.3. The third-order valence-electron chi connectivity index (χ3n) is 2.51. The van der Waals surface area contributed by atoms with Gasteiger partial charge >= 0.3 is 16.5 Å². The summed E-state index contributed by atoms with van der Waals surface area (Å²) in [6.07, 6.45) is -0.810. The van der Waals surface area contributed by atoms with E-state index in [0.717, 1.165) is 0 Å². The highest BCUT2D eigenvalue weighted by Crippen LogP contribution is 2.32. The number of β-lactam (4-membered cyclic amide) rings is 1. The van der Waals surface area contributed by atoms with Crippen molar-refractivity contribution in [3.8, 4) is 0 Å². The van der Waals surface area contributed by atoms with Crippen LogP contribution in [-0.2, 0) is 24.2 Å². The number of rotatable bonds is 3. The van der Waals surface area contributed by atoms with Crippen molar-refractivity contribution in [1.82, 2.24) is 10.4 Å². The van der Waals surface area contributed by atoms with Crippen molar-refractivity contribution in [3.63, 3.8) is 0 Å². The average molecular weight is 310 g/mol. The molecule has 116 valence electrons. The van der Waals surface area contributed by atoms with Gasteiger partial charge in [0.25, 0.3) is 5.91 Å². The standard InChI is InChI=1S/C10H18N2O7S/c1-9(2,3)18-8(14)11-6-7(13)12(10(6,4)5)19-20(15,16)17/h6H,1-5H3,(H,11,14)(H,15,16,17). The minimum absolute atomic E-state index is 0.477. The van der Waals surface area contributed by atoms with Gasteiger partial charge in [-0.15, -0.1) is 4.28 Å². The van der Waals surface area contributed by atoms with Crippen LogP contribution >= 0.6 is 0 Å². The molecule has 2 N–H and O–H groups in total. The van der Waals surface area contributed by atoms with Gasteiger partial charge < -0.3 is 10.1 Å². The monoisotopic (exact) mass is 310 g/mol. The van der Waals surface area contributed by atoms with Crippen LogP contribution in [0.25, 0.3) is 0 Å². The van der Waals surface area contributed by atoms with Crippen LogP contribution in [0.3, 0.4) is 0 Å². The fourth-order valence-corrected chi connectivity index (χ4v) is 2.10. The van der Waals surface area contributed by atoms with Crippen LogP contribution in [0.4, 0.5) is 4.79 Å². The zero-order valence-electron chi connectivity index (χ0n) is 11.8. The van der Waals surface area contributed by atoms with Crippen LogP contribution in [0.15, 0.2) is 0 Å². The molecule has 1 rings (SSSR count). The molecule has 1 unspecified atom stereocenters. The zero-order valence-corrected chi connectivity index (χ0v) is 12.6. The Morgan fingerprint density at radius 1 is 1.40 bits per heavy atom. The lowest BCUT2D eigenvalue weighted by atomic mass is 9.85. The summed E-state index contributed by atoms with van der Waals surface area (Å²) in [7, 11) is -4.81. The van der Waals surface area contributed by atoms with Crippen LogP contribution in [-0.4, -0.2) is 47.2 Å². The van der Waals surface area contributed by atoms with Crippen molar-refractivity contribution >= 4 is 22.4 Å². The maximum Gasteiger partial charge on any atom is 0.418 e. The highest BCUT2D eigenvalue weighted by molar-refractivity contribution is 7.80. The molecule has 0 spiro atoms. The van der Waals surface area contributed by atoms with Crippen LogP contribution in [0.1, 0.15) is 34.6 Å². The average Bonchev–Trinajstić information content (AvgIpc) is 2.18. The van der Waals surface area contributed by atoms with Gasteiger partial charge in [-0.2, -0.15) is 13.5 Å². The Hall–Kier alpha value is -1.39. The highest BCUT2D eigenvalue weighted by Gasteiger charge is 2.58. The second-order valence-electron chi connectivity index (χ2n) is 5.87. The third-order valence-corrected chi connectivity index (χ3v) is 2.84. The van der Waals surface area contributed by atoms with Crippen molar-refractivity contribution < 1.29 is 31.6 Å². The van der Waals surface area contributed by atoms with Crippen LogP contribution in [0.2, 0.25) is 0 Å². The number of alkyl carbamates (subject to hydrolysis) is 1. The third kappa shape index (κ3) is 3.81. The number of hydrogen-bond donors (Lipinski definition) is 2. The molecule has 1 fully saturated rings. The lowest BCUT2D eigenvalue weighted by Crippen LogP contribution is -2.76. The molecule has 10 heteroatoms. The van der Waals surface area contributed by atoms with E-state index in [9.17, 15) is 18.0 Å². The summed E-state index contributed by atoms with van der Waals surface area (Å²) in [6.45, 7) is 7.90. The Bertz CT molecular complexity index is 520. The Morgan fingerprint density at radius 3 is 2.25 bits per heavy atom. The number of nitrogens with one attached hydrogen (secondary N) is 1. The summed E-state index contributed by atoms with van der Waals surface area (Å²) in [5.41, 5.74) is -1.88. The maximum atomic E-state index is 11.7. The first-order valence-electron chi connectivity index (χ1n) is 5.74. The first kappa shape index (κ1) is 16.7. The van der Waals surface area contributed by atoms with E-state index in [4.69, 9.17) is 9.29 Å². The number of hydrogen-bond acceptors (Lipinski definition) is 6. The topological polar surface area (TPSA) is 122 Å². The molecule has 0 aromatic heterocycles. The Morgan fingerprint density at radius 2 is 1.90 bits per heavy atom. The predicted octanol–water partition coefficient (Wildman–Crippen LogP) is 0.235. The van der Waals surface area contributed by atoms with Gasteiger partial charge in [-0.1, -0.05) is 0 Å². The van der Waals surface area contributed by atoms with Gasteiger partial charge in [-0.05, 0) is 34.6 Å². The number of ether oxygens (including phenoxy) is 1. The largest absolute Gasteiger partial charge is 0.444 e. The van der Waals surface area contributed by atoms with E-state index >= 15 is 0 Å². The van der Waals surface area contributed by atoms with Gasteiger partial charge in [0, 0.05) is 0 Å². The molecule has 1 aliphatic rings.